The number of benzene rings is 3. The van der Waals surface area contributed by atoms with Gasteiger partial charge in [-0.15, -0.1) is 0 Å². The first-order chi connectivity index (χ1) is 11.6. The fourth-order valence-electron chi connectivity index (χ4n) is 3.29. The summed E-state index contributed by atoms with van der Waals surface area (Å²) in [5, 5.41) is 12.4. The maximum Gasteiger partial charge on any atom is 0.112 e. The molecule has 3 aromatic rings. The molecule has 0 amide bonds. The summed E-state index contributed by atoms with van der Waals surface area (Å²) in [5.41, 5.74) is 3.74. The average molecular weight is 333 g/mol. The lowest BCUT2D eigenvalue weighted by Gasteiger charge is -2.26. The van der Waals surface area contributed by atoms with E-state index in [0.29, 0.717) is 0 Å². The third-order valence-corrected chi connectivity index (χ3v) is 8.40. The predicted octanol–water partition coefficient (Wildman–Crippen LogP) is 3.59. The SMILES string of the molecule is C[Si](C)(c1ccc(Cc2ccccc2)cc1)c1ccccc1CO. The minimum atomic E-state index is -1.80. The van der Waals surface area contributed by atoms with E-state index in [4.69, 9.17) is 0 Å². The minimum Gasteiger partial charge on any atom is -0.392 e. The zero-order chi connectivity index (χ0) is 17.0. The van der Waals surface area contributed by atoms with Gasteiger partial charge in [-0.2, -0.15) is 0 Å². The molecule has 0 saturated carbocycles. The predicted molar refractivity (Wildman–Crippen MR) is 105 cm³/mol. The van der Waals surface area contributed by atoms with Gasteiger partial charge in [0.05, 0.1) is 6.61 Å². The molecule has 0 unspecified atom stereocenters. The normalized spacial score (nSPS) is 11.5. The highest BCUT2D eigenvalue weighted by atomic mass is 28.3. The molecule has 1 nitrogen and oxygen atoms in total. The minimum absolute atomic E-state index is 0.110. The fourth-order valence-corrected chi connectivity index (χ4v) is 6.08. The molecular formula is C22H24OSi. The van der Waals surface area contributed by atoms with Crippen molar-refractivity contribution in [1.29, 1.82) is 0 Å². The molecule has 0 heterocycles. The molecule has 0 spiro atoms. The van der Waals surface area contributed by atoms with Crippen molar-refractivity contribution >= 4 is 18.4 Å². The van der Waals surface area contributed by atoms with Crippen molar-refractivity contribution in [3.63, 3.8) is 0 Å². The van der Waals surface area contributed by atoms with Crippen molar-refractivity contribution in [2.45, 2.75) is 26.1 Å². The first kappa shape index (κ1) is 16.7. The summed E-state index contributed by atoms with van der Waals surface area (Å²) in [5.74, 6) is 0. The van der Waals surface area contributed by atoms with Crippen LogP contribution < -0.4 is 10.4 Å². The maximum atomic E-state index is 9.66. The Bertz CT molecular complexity index is 792. The molecule has 3 aromatic carbocycles. The maximum absolute atomic E-state index is 9.66. The standard InChI is InChI=1S/C22H24OSi/c1-24(2,22-11-7-6-10-20(22)17-23)21-14-12-19(13-15-21)16-18-8-4-3-5-9-18/h3-15,23H,16-17H2,1-2H3. The molecule has 0 aliphatic rings. The molecule has 2 heteroatoms. The van der Waals surface area contributed by atoms with Gasteiger partial charge in [0, 0.05) is 0 Å². The van der Waals surface area contributed by atoms with Crippen LogP contribution in [0.2, 0.25) is 13.1 Å². The zero-order valence-electron chi connectivity index (χ0n) is 14.4. The van der Waals surface area contributed by atoms with Crippen molar-refractivity contribution in [2.24, 2.45) is 0 Å². The molecule has 0 fully saturated rings. The number of rotatable bonds is 5. The highest BCUT2D eigenvalue weighted by Crippen LogP contribution is 2.12. The van der Waals surface area contributed by atoms with E-state index in [9.17, 15) is 5.11 Å². The van der Waals surface area contributed by atoms with Gasteiger partial charge in [-0.05, 0) is 28.3 Å². The second kappa shape index (κ2) is 7.16. The molecular weight excluding hydrogens is 308 g/mol. The van der Waals surface area contributed by atoms with Crippen molar-refractivity contribution in [3.05, 3.63) is 95.6 Å². The first-order valence-electron chi connectivity index (χ1n) is 8.44. The van der Waals surface area contributed by atoms with Crippen molar-refractivity contribution in [2.75, 3.05) is 0 Å². The van der Waals surface area contributed by atoms with Crippen LogP contribution in [0.3, 0.4) is 0 Å². The van der Waals surface area contributed by atoms with E-state index in [0.717, 1.165) is 12.0 Å². The number of hydrogen-bond acceptors (Lipinski definition) is 1. The van der Waals surface area contributed by atoms with Crippen LogP contribution in [0, 0.1) is 0 Å². The van der Waals surface area contributed by atoms with Gasteiger partial charge in [0.25, 0.3) is 0 Å². The Balaban J connectivity index is 1.86. The van der Waals surface area contributed by atoms with Crippen LogP contribution in [0.25, 0.3) is 0 Å². The van der Waals surface area contributed by atoms with Gasteiger partial charge in [0.1, 0.15) is 8.07 Å². The van der Waals surface area contributed by atoms with E-state index >= 15 is 0 Å². The lowest BCUT2D eigenvalue weighted by molar-refractivity contribution is 0.283. The van der Waals surface area contributed by atoms with E-state index in [2.05, 4.69) is 79.8 Å². The van der Waals surface area contributed by atoms with Gasteiger partial charge in [0.15, 0.2) is 0 Å². The van der Waals surface area contributed by atoms with Gasteiger partial charge in [-0.25, -0.2) is 0 Å². The Labute approximate surface area is 145 Å². The highest BCUT2D eigenvalue weighted by molar-refractivity contribution is 7.00. The van der Waals surface area contributed by atoms with E-state index in [-0.39, 0.29) is 6.61 Å². The van der Waals surface area contributed by atoms with Crippen LogP contribution in [0.4, 0.5) is 0 Å². The number of aliphatic hydroxyl groups is 1. The summed E-state index contributed by atoms with van der Waals surface area (Å²) < 4.78 is 0. The number of hydrogen-bond donors (Lipinski definition) is 1. The summed E-state index contributed by atoms with van der Waals surface area (Å²) in [6.45, 7) is 4.82. The quantitative estimate of drug-likeness (QED) is 0.708. The van der Waals surface area contributed by atoms with Gasteiger partial charge >= 0.3 is 0 Å². The van der Waals surface area contributed by atoms with E-state index in [1.165, 1.54) is 21.5 Å². The molecule has 0 aliphatic heterocycles. The third kappa shape index (κ3) is 3.50. The molecule has 0 saturated heterocycles. The van der Waals surface area contributed by atoms with E-state index in [1.54, 1.807) is 0 Å². The van der Waals surface area contributed by atoms with E-state index in [1.807, 2.05) is 12.1 Å². The summed E-state index contributed by atoms with van der Waals surface area (Å²) in [6.07, 6.45) is 0.969. The second-order valence-corrected chi connectivity index (χ2v) is 11.2. The van der Waals surface area contributed by atoms with Crippen LogP contribution in [0.1, 0.15) is 16.7 Å². The smallest absolute Gasteiger partial charge is 0.112 e. The summed E-state index contributed by atoms with van der Waals surface area (Å²) in [7, 11) is -1.80. The van der Waals surface area contributed by atoms with E-state index < -0.39 is 8.07 Å². The Morgan fingerprint density at radius 3 is 1.96 bits per heavy atom. The summed E-state index contributed by atoms with van der Waals surface area (Å²) in [6, 6.07) is 27.9. The molecule has 0 aromatic heterocycles. The van der Waals surface area contributed by atoms with Crippen LogP contribution in [-0.2, 0) is 13.0 Å². The van der Waals surface area contributed by atoms with Gasteiger partial charge in [-0.1, -0.05) is 97.1 Å². The lowest BCUT2D eigenvalue weighted by atomic mass is 10.1. The molecule has 24 heavy (non-hydrogen) atoms. The van der Waals surface area contributed by atoms with Crippen LogP contribution in [0.15, 0.2) is 78.9 Å². The summed E-state index contributed by atoms with van der Waals surface area (Å²) in [4.78, 5) is 0. The molecule has 1 N–H and O–H groups in total. The van der Waals surface area contributed by atoms with Crippen molar-refractivity contribution in [3.8, 4) is 0 Å². The third-order valence-electron chi connectivity index (χ3n) is 4.79. The van der Waals surface area contributed by atoms with Crippen molar-refractivity contribution in [1.82, 2.24) is 0 Å². The Hall–Kier alpha value is -2.16. The number of aliphatic hydroxyl groups excluding tert-OH is 1. The molecule has 122 valence electrons. The molecule has 3 rings (SSSR count). The van der Waals surface area contributed by atoms with Crippen LogP contribution >= 0.6 is 0 Å². The molecule has 0 atom stereocenters. The summed E-state index contributed by atoms with van der Waals surface area (Å²) >= 11 is 0. The Kier molecular flexibility index (Phi) is 4.98. The van der Waals surface area contributed by atoms with Crippen molar-refractivity contribution < 1.29 is 5.11 Å². The topological polar surface area (TPSA) is 20.2 Å². The fraction of sp³-hybridized carbons (Fsp3) is 0.182. The lowest BCUT2D eigenvalue weighted by Crippen LogP contribution is -2.54. The van der Waals surface area contributed by atoms with Crippen LogP contribution in [-0.4, -0.2) is 13.2 Å². The first-order valence-corrected chi connectivity index (χ1v) is 11.4. The zero-order valence-corrected chi connectivity index (χ0v) is 15.4. The molecule has 0 aliphatic carbocycles. The van der Waals surface area contributed by atoms with Gasteiger partial charge in [0.2, 0.25) is 0 Å². The van der Waals surface area contributed by atoms with Gasteiger partial charge in [-0.3, -0.25) is 0 Å². The monoisotopic (exact) mass is 332 g/mol. The largest absolute Gasteiger partial charge is 0.392 e. The molecule has 0 bridgehead atoms. The Morgan fingerprint density at radius 1 is 0.708 bits per heavy atom. The van der Waals surface area contributed by atoms with Gasteiger partial charge < -0.3 is 5.11 Å². The second-order valence-electron chi connectivity index (χ2n) is 6.80. The van der Waals surface area contributed by atoms with Crippen LogP contribution in [0.5, 0.6) is 0 Å². The molecule has 0 radical (unpaired) electrons. The Morgan fingerprint density at radius 2 is 1.29 bits per heavy atom. The highest BCUT2D eigenvalue weighted by Gasteiger charge is 2.27. The average Bonchev–Trinajstić information content (AvgIpc) is 2.63.